The maximum atomic E-state index is 12.5. The van der Waals surface area contributed by atoms with Gasteiger partial charge in [-0.15, -0.1) is 0 Å². The Labute approximate surface area is 122 Å². The topological polar surface area (TPSA) is 40.5 Å². The smallest absolute Gasteiger partial charge is 0.416 e. The van der Waals surface area contributed by atoms with Crippen molar-refractivity contribution in [2.75, 3.05) is 6.54 Å². The molecule has 0 radical (unpaired) electrons. The summed E-state index contributed by atoms with van der Waals surface area (Å²) in [6, 6.07) is 4.96. The van der Waals surface area contributed by atoms with E-state index in [4.69, 9.17) is 5.11 Å². The molecule has 118 valence electrons. The molecule has 0 saturated heterocycles. The Hall–Kier alpha value is -1.56. The lowest BCUT2D eigenvalue weighted by atomic mass is 10.0. The van der Waals surface area contributed by atoms with Crippen LogP contribution < -0.4 is 0 Å². The molecule has 21 heavy (non-hydrogen) atoms. The molecular formula is C15H20F3NO2. The SMILES string of the molecule is CC(C)N(CCC(=O)O)C(C)c1ccc(C(F)(F)F)cc1. The Kier molecular flexibility index (Phi) is 5.78. The van der Waals surface area contributed by atoms with E-state index in [1.807, 2.05) is 25.7 Å². The number of rotatable bonds is 6. The van der Waals surface area contributed by atoms with Gasteiger partial charge in [0.25, 0.3) is 0 Å². The molecule has 0 aliphatic rings. The Bertz CT molecular complexity index is 469. The van der Waals surface area contributed by atoms with Gasteiger partial charge >= 0.3 is 12.1 Å². The molecule has 1 unspecified atom stereocenters. The highest BCUT2D eigenvalue weighted by atomic mass is 19.4. The fourth-order valence-electron chi connectivity index (χ4n) is 2.27. The van der Waals surface area contributed by atoms with Crippen LogP contribution in [0.15, 0.2) is 24.3 Å². The van der Waals surface area contributed by atoms with Crippen molar-refractivity contribution in [1.29, 1.82) is 0 Å². The van der Waals surface area contributed by atoms with E-state index in [1.165, 1.54) is 12.1 Å². The summed E-state index contributed by atoms with van der Waals surface area (Å²) in [5, 5.41) is 8.77. The summed E-state index contributed by atoms with van der Waals surface area (Å²) in [5.74, 6) is -0.889. The summed E-state index contributed by atoms with van der Waals surface area (Å²) in [6.45, 7) is 6.09. The van der Waals surface area contributed by atoms with E-state index in [-0.39, 0.29) is 18.5 Å². The van der Waals surface area contributed by atoms with Crippen LogP contribution in [-0.4, -0.2) is 28.6 Å². The first-order valence-corrected chi connectivity index (χ1v) is 6.77. The quantitative estimate of drug-likeness (QED) is 0.865. The first-order valence-electron chi connectivity index (χ1n) is 6.77. The Morgan fingerprint density at radius 2 is 1.71 bits per heavy atom. The van der Waals surface area contributed by atoms with Crippen LogP contribution >= 0.6 is 0 Å². The third-order valence-corrected chi connectivity index (χ3v) is 3.47. The van der Waals surface area contributed by atoms with Crippen LogP contribution in [-0.2, 0) is 11.0 Å². The summed E-state index contributed by atoms with van der Waals surface area (Å²) in [6.07, 6.45) is -4.34. The molecule has 0 spiro atoms. The molecule has 1 aromatic rings. The number of aliphatic carboxylic acids is 1. The number of carboxylic acids is 1. The number of alkyl halides is 3. The molecular weight excluding hydrogens is 283 g/mol. The van der Waals surface area contributed by atoms with Gasteiger partial charge in [0.15, 0.2) is 0 Å². The van der Waals surface area contributed by atoms with Crippen LogP contribution in [0.1, 0.15) is 44.4 Å². The maximum absolute atomic E-state index is 12.5. The number of carbonyl (C=O) groups is 1. The predicted octanol–water partition coefficient (Wildman–Crippen LogP) is 3.95. The van der Waals surface area contributed by atoms with Crippen LogP contribution in [0.3, 0.4) is 0 Å². The van der Waals surface area contributed by atoms with Crippen molar-refractivity contribution < 1.29 is 23.1 Å². The average molecular weight is 303 g/mol. The van der Waals surface area contributed by atoms with Crippen LogP contribution in [0.5, 0.6) is 0 Å². The van der Waals surface area contributed by atoms with Crippen molar-refractivity contribution in [3.63, 3.8) is 0 Å². The van der Waals surface area contributed by atoms with E-state index in [1.54, 1.807) is 0 Å². The average Bonchev–Trinajstić information content (AvgIpc) is 2.37. The minimum Gasteiger partial charge on any atom is -0.481 e. The van der Waals surface area contributed by atoms with Crippen molar-refractivity contribution in [3.8, 4) is 0 Å². The van der Waals surface area contributed by atoms with Gasteiger partial charge in [0, 0.05) is 18.6 Å². The molecule has 0 heterocycles. The van der Waals surface area contributed by atoms with Crippen molar-refractivity contribution in [2.24, 2.45) is 0 Å². The minimum absolute atomic E-state index is 0.00313. The molecule has 0 amide bonds. The molecule has 1 atom stereocenters. The number of halogens is 3. The van der Waals surface area contributed by atoms with E-state index < -0.39 is 17.7 Å². The lowest BCUT2D eigenvalue weighted by Crippen LogP contribution is -2.35. The molecule has 1 rings (SSSR count). The van der Waals surface area contributed by atoms with Crippen molar-refractivity contribution in [1.82, 2.24) is 4.90 Å². The summed E-state index contributed by atoms with van der Waals surface area (Å²) < 4.78 is 37.6. The van der Waals surface area contributed by atoms with Crippen molar-refractivity contribution in [2.45, 2.75) is 45.5 Å². The highest BCUT2D eigenvalue weighted by Crippen LogP contribution is 2.31. The summed E-state index contributed by atoms with van der Waals surface area (Å²) in [4.78, 5) is 12.6. The van der Waals surface area contributed by atoms with E-state index in [0.717, 1.165) is 17.7 Å². The zero-order valence-corrected chi connectivity index (χ0v) is 12.3. The molecule has 3 nitrogen and oxygen atoms in total. The Balaban J connectivity index is 2.88. The van der Waals surface area contributed by atoms with E-state index >= 15 is 0 Å². The summed E-state index contributed by atoms with van der Waals surface area (Å²) >= 11 is 0. The second-order valence-corrected chi connectivity index (χ2v) is 5.27. The van der Waals surface area contributed by atoms with E-state index in [0.29, 0.717) is 6.54 Å². The number of carboxylic acid groups (broad SMARTS) is 1. The minimum atomic E-state index is -4.34. The van der Waals surface area contributed by atoms with Gasteiger partial charge in [0.1, 0.15) is 0 Å². The second-order valence-electron chi connectivity index (χ2n) is 5.27. The van der Waals surface area contributed by atoms with Gasteiger partial charge in [-0.3, -0.25) is 9.69 Å². The van der Waals surface area contributed by atoms with Crippen molar-refractivity contribution >= 4 is 5.97 Å². The monoisotopic (exact) mass is 303 g/mol. The van der Waals surface area contributed by atoms with Crippen LogP contribution in [0, 0.1) is 0 Å². The van der Waals surface area contributed by atoms with Gasteiger partial charge in [0.05, 0.1) is 12.0 Å². The molecule has 0 saturated carbocycles. The third kappa shape index (κ3) is 5.04. The second kappa shape index (κ2) is 6.93. The number of nitrogens with zero attached hydrogens (tertiary/aromatic N) is 1. The van der Waals surface area contributed by atoms with E-state index in [2.05, 4.69) is 0 Å². The molecule has 0 aliphatic carbocycles. The first kappa shape index (κ1) is 17.5. The van der Waals surface area contributed by atoms with Gasteiger partial charge < -0.3 is 5.11 Å². The van der Waals surface area contributed by atoms with Gasteiger partial charge in [0.2, 0.25) is 0 Å². The molecule has 0 bridgehead atoms. The highest BCUT2D eigenvalue weighted by molar-refractivity contribution is 5.66. The predicted molar refractivity (Wildman–Crippen MR) is 74.0 cm³/mol. The zero-order valence-electron chi connectivity index (χ0n) is 12.3. The van der Waals surface area contributed by atoms with Gasteiger partial charge in [-0.25, -0.2) is 0 Å². The van der Waals surface area contributed by atoms with Gasteiger partial charge in [-0.2, -0.15) is 13.2 Å². The normalized spacial score (nSPS) is 13.7. The maximum Gasteiger partial charge on any atom is 0.416 e. The highest BCUT2D eigenvalue weighted by Gasteiger charge is 2.30. The number of benzene rings is 1. The third-order valence-electron chi connectivity index (χ3n) is 3.47. The molecule has 6 heteroatoms. The lowest BCUT2D eigenvalue weighted by molar-refractivity contribution is -0.138. The number of hydrogen-bond donors (Lipinski definition) is 1. The van der Waals surface area contributed by atoms with E-state index in [9.17, 15) is 18.0 Å². The van der Waals surface area contributed by atoms with Crippen LogP contribution in [0.25, 0.3) is 0 Å². The largest absolute Gasteiger partial charge is 0.481 e. The van der Waals surface area contributed by atoms with Crippen LogP contribution in [0.4, 0.5) is 13.2 Å². The van der Waals surface area contributed by atoms with Gasteiger partial charge in [-0.05, 0) is 38.5 Å². The van der Waals surface area contributed by atoms with Gasteiger partial charge in [-0.1, -0.05) is 12.1 Å². The number of hydrogen-bond acceptors (Lipinski definition) is 2. The zero-order chi connectivity index (χ0) is 16.2. The lowest BCUT2D eigenvalue weighted by Gasteiger charge is -2.32. The Morgan fingerprint density at radius 1 is 1.19 bits per heavy atom. The molecule has 0 aliphatic heterocycles. The summed E-state index contributed by atoms with van der Waals surface area (Å²) in [7, 11) is 0. The fourth-order valence-corrected chi connectivity index (χ4v) is 2.27. The fraction of sp³-hybridized carbons (Fsp3) is 0.533. The first-order chi connectivity index (χ1) is 9.62. The van der Waals surface area contributed by atoms with Crippen molar-refractivity contribution in [3.05, 3.63) is 35.4 Å². The molecule has 0 aromatic heterocycles. The molecule has 1 N–H and O–H groups in total. The Morgan fingerprint density at radius 3 is 2.10 bits per heavy atom. The molecule has 0 fully saturated rings. The summed E-state index contributed by atoms with van der Waals surface area (Å²) in [5.41, 5.74) is 0.0576. The molecule has 1 aromatic carbocycles. The van der Waals surface area contributed by atoms with Crippen LogP contribution in [0.2, 0.25) is 0 Å². The standard InChI is InChI=1S/C15H20F3NO2/c1-10(2)19(9-8-14(20)21)11(3)12-4-6-13(7-5-12)15(16,17)18/h4-7,10-11H,8-9H2,1-3H3,(H,20,21).